The minimum absolute atomic E-state index is 0.136. The van der Waals surface area contributed by atoms with Crippen molar-refractivity contribution in [2.75, 3.05) is 5.32 Å². The molecule has 132 valence electrons. The summed E-state index contributed by atoms with van der Waals surface area (Å²) in [6.45, 7) is 0. The Kier molecular flexibility index (Phi) is 5.38. The van der Waals surface area contributed by atoms with Crippen LogP contribution in [0.5, 0.6) is 0 Å². The summed E-state index contributed by atoms with van der Waals surface area (Å²) in [5.41, 5.74) is 1.27. The fourth-order valence-corrected chi connectivity index (χ4v) is 3.53. The molecule has 26 heavy (non-hydrogen) atoms. The number of nitro benzene ring substituents is 1. The smallest absolute Gasteiger partial charge is 0.272 e. The number of nitrogens with zero attached hydrogens (tertiary/aromatic N) is 1. The average Bonchev–Trinajstić information content (AvgIpc) is 2.64. The van der Waals surface area contributed by atoms with Crippen LogP contribution < -0.4 is 5.32 Å². The summed E-state index contributed by atoms with van der Waals surface area (Å²) < 4.78 is 26.4. The maximum absolute atomic E-state index is 14.0. The van der Waals surface area contributed by atoms with Gasteiger partial charge in [0.25, 0.3) is 5.69 Å². The van der Waals surface area contributed by atoms with Gasteiger partial charge < -0.3 is 5.32 Å². The van der Waals surface area contributed by atoms with Crippen molar-refractivity contribution in [1.29, 1.82) is 0 Å². The van der Waals surface area contributed by atoms with Gasteiger partial charge in [-0.15, -0.1) is 0 Å². The van der Waals surface area contributed by atoms with Gasteiger partial charge in [0.05, 0.1) is 33.2 Å². The molecule has 0 radical (unpaired) electrons. The van der Waals surface area contributed by atoms with E-state index in [4.69, 9.17) is 0 Å². The van der Waals surface area contributed by atoms with Crippen molar-refractivity contribution >= 4 is 27.9 Å². The standard InChI is InChI=1S/C19H15FN2O3S/c20-18-12-16(22(23)24)9-10-19(18)21-15-6-4-5-14(11-15)13-26(25)17-7-2-1-3-8-17/h1-12,21H,13H2. The fraction of sp³-hybridized carbons (Fsp3) is 0.0526. The molecule has 0 fully saturated rings. The van der Waals surface area contributed by atoms with E-state index in [9.17, 15) is 18.7 Å². The first-order valence-electron chi connectivity index (χ1n) is 7.76. The molecule has 0 aliphatic carbocycles. The average molecular weight is 370 g/mol. The molecule has 0 spiro atoms. The van der Waals surface area contributed by atoms with E-state index in [0.717, 1.165) is 16.5 Å². The zero-order valence-electron chi connectivity index (χ0n) is 13.6. The van der Waals surface area contributed by atoms with Crippen LogP contribution in [-0.2, 0) is 16.6 Å². The second-order valence-electron chi connectivity index (χ2n) is 5.55. The minimum Gasteiger partial charge on any atom is -0.353 e. The zero-order chi connectivity index (χ0) is 18.5. The van der Waals surface area contributed by atoms with Crippen LogP contribution in [0.3, 0.4) is 0 Å². The molecule has 0 saturated heterocycles. The Morgan fingerprint density at radius 1 is 1.00 bits per heavy atom. The van der Waals surface area contributed by atoms with Crippen molar-refractivity contribution in [3.63, 3.8) is 0 Å². The lowest BCUT2D eigenvalue weighted by atomic mass is 10.2. The lowest BCUT2D eigenvalue weighted by molar-refractivity contribution is -0.385. The summed E-state index contributed by atoms with van der Waals surface area (Å²) in [5.74, 6) is -0.375. The van der Waals surface area contributed by atoms with Gasteiger partial charge in [0.1, 0.15) is 0 Å². The van der Waals surface area contributed by atoms with E-state index in [1.165, 1.54) is 12.1 Å². The molecule has 0 amide bonds. The lowest BCUT2D eigenvalue weighted by Gasteiger charge is -2.09. The van der Waals surface area contributed by atoms with Crippen LogP contribution in [0, 0.1) is 15.9 Å². The van der Waals surface area contributed by atoms with Gasteiger partial charge in [-0.25, -0.2) is 4.39 Å². The summed E-state index contributed by atoms with van der Waals surface area (Å²) >= 11 is 0. The fourth-order valence-electron chi connectivity index (χ4n) is 2.42. The predicted molar refractivity (Wildman–Crippen MR) is 99.3 cm³/mol. The molecule has 0 aromatic heterocycles. The number of hydrogen-bond donors (Lipinski definition) is 1. The van der Waals surface area contributed by atoms with Gasteiger partial charge in [0.15, 0.2) is 5.82 Å². The summed E-state index contributed by atoms with van der Waals surface area (Å²) in [7, 11) is -1.18. The van der Waals surface area contributed by atoms with Crippen LogP contribution in [0.1, 0.15) is 5.56 Å². The highest BCUT2D eigenvalue weighted by atomic mass is 32.2. The lowest BCUT2D eigenvalue weighted by Crippen LogP contribution is -1.99. The molecule has 0 saturated carbocycles. The van der Waals surface area contributed by atoms with Crippen molar-refractivity contribution in [3.05, 3.63) is 94.3 Å². The Morgan fingerprint density at radius 2 is 1.77 bits per heavy atom. The van der Waals surface area contributed by atoms with Gasteiger partial charge in [0.2, 0.25) is 0 Å². The molecule has 3 rings (SSSR count). The van der Waals surface area contributed by atoms with E-state index in [2.05, 4.69) is 5.32 Å². The quantitative estimate of drug-likeness (QED) is 0.500. The van der Waals surface area contributed by atoms with E-state index >= 15 is 0 Å². The van der Waals surface area contributed by atoms with Crippen molar-refractivity contribution in [3.8, 4) is 0 Å². The van der Waals surface area contributed by atoms with Crippen molar-refractivity contribution in [1.82, 2.24) is 0 Å². The third-order valence-electron chi connectivity index (χ3n) is 3.67. The molecule has 3 aromatic carbocycles. The number of rotatable bonds is 6. The minimum atomic E-state index is -1.18. The Morgan fingerprint density at radius 3 is 2.46 bits per heavy atom. The second-order valence-corrected chi connectivity index (χ2v) is 7.00. The maximum Gasteiger partial charge on any atom is 0.272 e. The summed E-state index contributed by atoms with van der Waals surface area (Å²) in [6.07, 6.45) is 0. The van der Waals surface area contributed by atoms with Crippen LogP contribution in [0.4, 0.5) is 21.5 Å². The largest absolute Gasteiger partial charge is 0.353 e. The number of non-ortho nitro benzene ring substituents is 1. The molecule has 5 nitrogen and oxygen atoms in total. The molecule has 1 atom stereocenters. The predicted octanol–water partition coefficient (Wildman–Crippen LogP) is 4.79. The first-order valence-corrected chi connectivity index (χ1v) is 9.08. The van der Waals surface area contributed by atoms with Gasteiger partial charge in [-0.1, -0.05) is 30.3 Å². The van der Waals surface area contributed by atoms with E-state index in [1.54, 1.807) is 18.2 Å². The zero-order valence-corrected chi connectivity index (χ0v) is 14.4. The van der Waals surface area contributed by atoms with Crippen LogP contribution in [-0.4, -0.2) is 9.13 Å². The normalized spacial score (nSPS) is 11.7. The maximum atomic E-state index is 14.0. The highest BCUT2D eigenvalue weighted by molar-refractivity contribution is 7.84. The third kappa shape index (κ3) is 4.31. The van der Waals surface area contributed by atoms with Crippen LogP contribution in [0.25, 0.3) is 0 Å². The van der Waals surface area contributed by atoms with E-state index < -0.39 is 21.5 Å². The molecule has 0 bridgehead atoms. The molecular formula is C19H15FN2O3S. The Labute approximate surface area is 152 Å². The van der Waals surface area contributed by atoms with Gasteiger partial charge >= 0.3 is 0 Å². The highest BCUT2D eigenvalue weighted by Gasteiger charge is 2.11. The summed E-state index contributed by atoms with van der Waals surface area (Å²) in [4.78, 5) is 10.8. The number of benzene rings is 3. The summed E-state index contributed by atoms with van der Waals surface area (Å²) in [5, 5.41) is 13.6. The molecule has 0 aliphatic heterocycles. The van der Waals surface area contributed by atoms with Gasteiger partial charge in [0, 0.05) is 16.6 Å². The molecule has 7 heteroatoms. The highest BCUT2D eigenvalue weighted by Crippen LogP contribution is 2.25. The monoisotopic (exact) mass is 370 g/mol. The van der Waals surface area contributed by atoms with E-state index in [1.807, 2.05) is 36.4 Å². The Balaban J connectivity index is 1.75. The number of nitro groups is 1. The van der Waals surface area contributed by atoms with Crippen molar-refractivity contribution < 1.29 is 13.5 Å². The third-order valence-corrected chi connectivity index (χ3v) is 5.07. The molecule has 3 aromatic rings. The van der Waals surface area contributed by atoms with Crippen LogP contribution in [0.15, 0.2) is 77.7 Å². The number of hydrogen-bond acceptors (Lipinski definition) is 4. The molecule has 0 heterocycles. The first kappa shape index (κ1) is 17.8. The molecule has 0 aliphatic rings. The topological polar surface area (TPSA) is 72.2 Å². The van der Waals surface area contributed by atoms with Crippen LogP contribution in [0.2, 0.25) is 0 Å². The van der Waals surface area contributed by atoms with Gasteiger partial charge in [-0.3, -0.25) is 14.3 Å². The molecule has 1 unspecified atom stereocenters. The number of halogens is 1. The van der Waals surface area contributed by atoms with Gasteiger partial charge in [-0.2, -0.15) is 0 Å². The molecule has 1 N–H and O–H groups in total. The summed E-state index contributed by atoms with van der Waals surface area (Å²) in [6, 6.07) is 19.7. The molecular weight excluding hydrogens is 355 g/mol. The van der Waals surface area contributed by atoms with E-state index in [-0.39, 0.29) is 11.4 Å². The van der Waals surface area contributed by atoms with Crippen molar-refractivity contribution in [2.24, 2.45) is 0 Å². The van der Waals surface area contributed by atoms with Crippen LogP contribution >= 0.6 is 0 Å². The van der Waals surface area contributed by atoms with Crippen molar-refractivity contribution in [2.45, 2.75) is 10.6 Å². The SMILES string of the molecule is O=[N+]([O-])c1ccc(Nc2cccc(CS(=O)c3ccccc3)c2)c(F)c1. The van der Waals surface area contributed by atoms with Gasteiger partial charge in [-0.05, 0) is 35.9 Å². The number of anilines is 2. The Bertz CT molecular complexity index is 964. The Hall–Kier alpha value is -3.06. The van der Waals surface area contributed by atoms with E-state index in [0.29, 0.717) is 11.4 Å². The number of nitrogens with one attached hydrogen (secondary N) is 1. The first-order chi connectivity index (χ1) is 12.5. The second kappa shape index (κ2) is 7.88.